The van der Waals surface area contributed by atoms with Gasteiger partial charge in [0.25, 0.3) is 0 Å². The third-order valence-corrected chi connectivity index (χ3v) is 4.23. The van der Waals surface area contributed by atoms with Gasteiger partial charge in [0, 0.05) is 18.1 Å². The van der Waals surface area contributed by atoms with E-state index in [1.165, 1.54) is 0 Å². The normalized spacial score (nSPS) is 23.6. The van der Waals surface area contributed by atoms with Gasteiger partial charge in [0.1, 0.15) is 5.82 Å². The molecule has 0 bridgehead atoms. The standard InChI is InChI=1S/C13H15Cl2F3N2/c14-10-3-1-8(2-4-10)6-19-12-11(15)5-9(7-20-12)13(16,17)18/h5,7-8,10H,1-4,6H2,(H,19,20). The highest BCUT2D eigenvalue weighted by molar-refractivity contribution is 6.32. The topological polar surface area (TPSA) is 24.9 Å². The average molecular weight is 327 g/mol. The van der Waals surface area contributed by atoms with E-state index in [0.29, 0.717) is 18.3 Å². The smallest absolute Gasteiger partial charge is 0.369 e. The van der Waals surface area contributed by atoms with Gasteiger partial charge in [0.05, 0.1) is 10.6 Å². The first-order valence-corrected chi connectivity index (χ1v) is 7.28. The van der Waals surface area contributed by atoms with Crippen LogP contribution in [0.25, 0.3) is 0 Å². The minimum absolute atomic E-state index is 0.00847. The second kappa shape index (κ2) is 6.39. The highest BCUT2D eigenvalue weighted by atomic mass is 35.5. The molecule has 112 valence electrons. The van der Waals surface area contributed by atoms with E-state index in [4.69, 9.17) is 23.2 Å². The van der Waals surface area contributed by atoms with Crippen LogP contribution in [0.15, 0.2) is 12.3 Å². The molecule has 1 fully saturated rings. The van der Waals surface area contributed by atoms with Gasteiger partial charge in [-0.15, -0.1) is 11.6 Å². The van der Waals surface area contributed by atoms with Gasteiger partial charge < -0.3 is 5.32 Å². The van der Waals surface area contributed by atoms with Crippen molar-refractivity contribution in [2.24, 2.45) is 5.92 Å². The Morgan fingerprint density at radius 1 is 1.25 bits per heavy atom. The first-order valence-electron chi connectivity index (χ1n) is 6.47. The molecule has 1 aliphatic carbocycles. The summed E-state index contributed by atoms with van der Waals surface area (Å²) in [6.07, 6.45) is 0.348. The number of alkyl halides is 4. The van der Waals surface area contributed by atoms with Crippen molar-refractivity contribution >= 4 is 29.0 Å². The highest BCUT2D eigenvalue weighted by Crippen LogP contribution is 2.33. The number of halogens is 5. The quantitative estimate of drug-likeness (QED) is 0.794. The summed E-state index contributed by atoms with van der Waals surface area (Å²) in [7, 11) is 0. The molecule has 2 nitrogen and oxygen atoms in total. The third kappa shape index (κ3) is 4.16. The fourth-order valence-corrected chi connectivity index (χ4v) is 2.78. The minimum Gasteiger partial charge on any atom is -0.369 e. The maximum absolute atomic E-state index is 12.5. The van der Waals surface area contributed by atoms with Crippen LogP contribution in [0.5, 0.6) is 0 Å². The molecule has 0 aliphatic heterocycles. The summed E-state index contributed by atoms with van der Waals surface area (Å²) in [5, 5.41) is 3.26. The molecule has 1 saturated carbocycles. The molecule has 1 aliphatic rings. The molecule has 0 aromatic carbocycles. The van der Waals surface area contributed by atoms with Crippen molar-refractivity contribution in [1.82, 2.24) is 4.98 Å². The number of pyridine rings is 1. The largest absolute Gasteiger partial charge is 0.417 e. The van der Waals surface area contributed by atoms with E-state index in [1.54, 1.807) is 0 Å². The Morgan fingerprint density at radius 2 is 1.90 bits per heavy atom. The molecule has 0 spiro atoms. The van der Waals surface area contributed by atoms with Gasteiger partial charge in [-0.05, 0) is 37.7 Å². The van der Waals surface area contributed by atoms with Crippen LogP contribution in [0.4, 0.5) is 19.0 Å². The maximum Gasteiger partial charge on any atom is 0.417 e. The molecule has 0 radical (unpaired) electrons. The fraction of sp³-hybridized carbons (Fsp3) is 0.615. The van der Waals surface area contributed by atoms with E-state index in [2.05, 4.69) is 10.3 Å². The number of anilines is 1. The summed E-state index contributed by atoms with van der Waals surface area (Å²) in [6.45, 7) is 0.654. The van der Waals surface area contributed by atoms with Crippen molar-refractivity contribution in [2.75, 3.05) is 11.9 Å². The minimum atomic E-state index is -4.42. The van der Waals surface area contributed by atoms with Crippen LogP contribution >= 0.6 is 23.2 Å². The molecule has 2 rings (SSSR count). The molecule has 1 aromatic heterocycles. The van der Waals surface area contributed by atoms with Crippen LogP contribution in [0.3, 0.4) is 0 Å². The Morgan fingerprint density at radius 3 is 2.45 bits per heavy atom. The highest BCUT2D eigenvalue weighted by Gasteiger charge is 2.31. The number of rotatable bonds is 3. The predicted molar refractivity (Wildman–Crippen MR) is 74.3 cm³/mol. The van der Waals surface area contributed by atoms with Gasteiger partial charge >= 0.3 is 6.18 Å². The Labute approximate surface area is 125 Å². The SMILES string of the molecule is FC(F)(F)c1cnc(NCC2CCC(Cl)CC2)c(Cl)c1. The molecular weight excluding hydrogens is 312 g/mol. The summed E-state index contributed by atoms with van der Waals surface area (Å²) in [5.41, 5.74) is -0.837. The molecule has 0 unspecified atom stereocenters. The lowest BCUT2D eigenvalue weighted by atomic mass is 9.89. The van der Waals surface area contributed by atoms with E-state index in [1.807, 2.05) is 0 Å². The molecule has 7 heteroatoms. The second-order valence-electron chi connectivity index (χ2n) is 5.05. The van der Waals surface area contributed by atoms with Crippen LogP contribution in [-0.4, -0.2) is 16.9 Å². The third-order valence-electron chi connectivity index (χ3n) is 3.50. The first kappa shape index (κ1) is 15.7. The van der Waals surface area contributed by atoms with Crippen molar-refractivity contribution < 1.29 is 13.2 Å². The van der Waals surface area contributed by atoms with Gasteiger partial charge in [-0.1, -0.05) is 11.6 Å². The van der Waals surface area contributed by atoms with E-state index in [9.17, 15) is 13.2 Å². The number of hydrogen-bond donors (Lipinski definition) is 1. The monoisotopic (exact) mass is 326 g/mol. The molecular formula is C13H15Cl2F3N2. The van der Waals surface area contributed by atoms with Crippen molar-refractivity contribution in [3.63, 3.8) is 0 Å². The summed E-state index contributed by atoms with van der Waals surface area (Å²) >= 11 is 11.9. The van der Waals surface area contributed by atoms with Crippen LogP contribution in [-0.2, 0) is 6.18 Å². The van der Waals surface area contributed by atoms with Gasteiger partial charge in [-0.3, -0.25) is 0 Å². The number of aromatic nitrogens is 1. The van der Waals surface area contributed by atoms with Crippen LogP contribution in [0.2, 0.25) is 5.02 Å². The zero-order valence-corrected chi connectivity index (χ0v) is 12.2. The van der Waals surface area contributed by atoms with Crippen molar-refractivity contribution in [3.8, 4) is 0 Å². The van der Waals surface area contributed by atoms with Crippen molar-refractivity contribution in [1.29, 1.82) is 0 Å². The van der Waals surface area contributed by atoms with E-state index < -0.39 is 11.7 Å². The first-order chi connectivity index (χ1) is 9.36. The van der Waals surface area contributed by atoms with E-state index in [-0.39, 0.29) is 10.4 Å². The Bertz CT molecular complexity index is 457. The Balaban J connectivity index is 1.93. The lowest BCUT2D eigenvalue weighted by molar-refractivity contribution is -0.137. The molecule has 0 saturated heterocycles. The molecule has 20 heavy (non-hydrogen) atoms. The molecule has 0 amide bonds. The maximum atomic E-state index is 12.5. The van der Waals surface area contributed by atoms with E-state index in [0.717, 1.165) is 37.9 Å². The lowest BCUT2D eigenvalue weighted by Crippen LogP contribution is -2.21. The van der Waals surface area contributed by atoms with Gasteiger partial charge in [0.15, 0.2) is 0 Å². The van der Waals surface area contributed by atoms with Crippen LogP contribution < -0.4 is 5.32 Å². The second-order valence-corrected chi connectivity index (χ2v) is 6.08. The van der Waals surface area contributed by atoms with Crippen LogP contribution in [0.1, 0.15) is 31.2 Å². The molecule has 1 heterocycles. The predicted octanol–water partition coefficient (Wildman–Crippen LogP) is 4.96. The Kier molecular flexibility index (Phi) is 5.02. The lowest BCUT2D eigenvalue weighted by Gasteiger charge is -2.25. The molecule has 1 N–H and O–H groups in total. The van der Waals surface area contributed by atoms with Crippen molar-refractivity contribution in [3.05, 3.63) is 22.8 Å². The summed E-state index contributed by atoms with van der Waals surface area (Å²) in [4.78, 5) is 3.75. The number of nitrogens with one attached hydrogen (secondary N) is 1. The van der Waals surface area contributed by atoms with E-state index >= 15 is 0 Å². The van der Waals surface area contributed by atoms with Crippen LogP contribution in [0, 0.1) is 5.92 Å². The molecule has 0 atom stereocenters. The summed E-state index contributed by atoms with van der Waals surface area (Å²) < 4.78 is 37.4. The van der Waals surface area contributed by atoms with Gasteiger partial charge in [-0.25, -0.2) is 4.98 Å². The zero-order valence-electron chi connectivity index (χ0n) is 10.7. The fourth-order valence-electron chi connectivity index (χ4n) is 2.29. The van der Waals surface area contributed by atoms with Gasteiger partial charge in [0.2, 0.25) is 0 Å². The number of nitrogens with zero attached hydrogens (tertiary/aromatic N) is 1. The molecule has 1 aromatic rings. The Hall–Kier alpha value is -0.680. The van der Waals surface area contributed by atoms with Crippen molar-refractivity contribution in [2.45, 2.75) is 37.2 Å². The summed E-state index contributed by atoms with van der Waals surface area (Å²) in [5.74, 6) is 0.762. The average Bonchev–Trinajstić information content (AvgIpc) is 2.38. The van der Waals surface area contributed by atoms with Gasteiger partial charge in [-0.2, -0.15) is 13.2 Å². The summed E-state index contributed by atoms with van der Waals surface area (Å²) in [6, 6.07) is 0.895. The number of hydrogen-bond acceptors (Lipinski definition) is 2. The zero-order chi connectivity index (χ0) is 14.8.